The molecule has 0 aliphatic heterocycles. The van der Waals surface area contributed by atoms with Crippen molar-refractivity contribution in [3.8, 4) is 6.07 Å². The molecule has 0 saturated heterocycles. The summed E-state index contributed by atoms with van der Waals surface area (Å²) in [7, 11) is 0. The molecule has 0 saturated carbocycles. The van der Waals surface area contributed by atoms with Crippen LogP contribution in [0.5, 0.6) is 0 Å². The summed E-state index contributed by atoms with van der Waals surface area (Å²) in [5.74, 6) is -0.248. The molecule has 0 amide bonds. The van der Waals surface area contributed by atoms with Gasteiger partial charge in [0.15, 0.2) is 5.78 Å². The van der Waals surface area contributed by atoms with Gasteiger partial charge >= 0.3 is 0 Å². The molecule has 0 heterocycles. The summed E-state index contributed by atoms with van der Waals surface area (Å²) in [6.07, 6.45) is 1.47. The molecular formula is C9H15NO. The van der Waals surface area contributed by atoms with Crippen molar-refractivity contribution in [3.63, 3.8) is 0 Å². The molecule has 0 spiro atoms. The minimum Gasteiger partial charge on any atom is -0.298 e. The standard InChI is InChI=1S/C9H15NO/c1-4-7(3)9(11)8(5-2)6-10/h7-8H,4-5H2,1-3H3. The Kier molecular flexibility index (Phi) is 4.52. The molecule has 0 radical (unpaired) electrons. The van der Waals surface area contributed by atoms with Gasteiger partial charge in [-0.2, -0.15) is 5.26 Å². The fourth-order valence-electron chi connectivity index (χ4n) is 0.901. The second kappa shape index (κ2) is 4.90. The Morgan fingerprint density at radius 3 is 2.27 bits per heavy atom. The monoisotopic (exact) mass is 153 g/mol. The van der Waals surface area contributed by atoms with Crippen molar-refractivity contribution < 1.29 is 4.79 Å². The largest absolute Gasteiger partial charge is 0.298 e. The maximum absolute atomic E-state index is 11.3. The third kappa shape index (κ3) is 2.71. The molecule has 0 N–H and O–H groups in total. The van der Waals surface area contributed by atoms with Gasteiger partial charge in [-0.15, -0.1) is 0 Å². The van der Waals surface area contributed by atoms with Crippen LogP contribution in [0.3, 0.4) is 0 Å². The predicted octanol–water partition coefficient (Wildman–Crippen LogP) is 2.15. The zero-order valence-electron chi connectivity index (χ0n) is 7.42. The molecule has 2 nitrogen and oxygen atoms in total. The molecule has 0 fully saturated rings. The van der Waals surface area contributed by atoms with Gasteiger partial charge in [0.2, 0.25) is 0 Å². The number of rotatable bonds is 4. The van der Waals surface area contributed by atoms with Gasteiger partial charge in [0, 0.05) is 5.92 Å². The number of carbonyl (C=O) groups excluding carboxylic acids is 1. The summed E-state index contributed by atoms with van der Waals surface area (Å²) in [5, 5.41) is 8.57. The maximum Gasteiger partial charge on any atom is 0.152 e. The van der Waals surface area contributed by atoms with E-state index in [0.717, 1.165) is 6.42 Å². The second-order valence-corrected chi connectivity index (χ2v) is 2.80. The van der Waals surface area contributed by atoms with Crippen LogP contribution in [0.15, 0.2) is 0 Å². The Morgan fingerprint density at radius 1 is 1.45 bits per heavy atom. The van der Waals surface area contributed by atoms with Crippen LogP contribution in [0.2, 0.25) is 0 Å². The van der Waals surface area contributed by atoms with E-state index in [2.05, 4.69) is 0 Å². The molecular weight excluding hydrogens is 138 g/mol. The number of carbonyl (C=O) groups is 1. The van der Waals surface area contributed by atoms with E-state index in [1.807, 2.05) is 26.8 Å². The van der Waals surface area contributed by atoms with Crippen molar-refractivity contribution in [2.24, 2.45) is 11.8 Å². The fraction of sp³-hybridized carbons (Fsp3) is 0.778. The maximum atomic E-state index is 11.3. The lowest BCUT2D eigenvalue weighted by atomic mass is 9.92. The third-order valence-electron chi connectivity index (χ3n) is 2.01. The SMILES string of the molecule is CCC(C)C(=O)C(C#N)CC. The highest BCUT2D eigenvalue weighted by molar-refractivity contribution is 5.85. The van der Waals surface area contributed by atoms with Crippen molar-refractivity contribution in [3.05, 3.63) is 0 Å². The van der Waals surface area contributed by atoms with E-state index < -0.39 is 0 Å². The Bertz CT molecular complexity index is 169. The average Bonchev–Trinajstić information content (AvgIpc) is 2.05. The third-order valence-corrected chi connectivity index (χ3v) is 2.01. The van der Waals surface area contributed by atoms with E-state index in [1.165, 1.54) is 0 Å². The van der Waals surface area contributed by atoms with Crippen molar-refractivity contribution in [2.75, 3.05) is 0 Å². The molecule has 2 atom stereocenters. The molecule has 2 unspecified atom stereocenters. The van der Waals surface area contributed by atoms with E-state index in [4.69, 9.17) is 5.26 Å². The Balaban J connectivity index is 4.12. The van der Waals surface area contributed by atoms with Gasteiger partial charge in [-0.05, 0) is 12.8 Å². The van der Waals surface area contributed by atoms with Gasteiger partial charge in [0.25, 0.3) is 0 Å². The number of hydrogen-bond acceptors (Lipinski definition) is 2. The highest BCUT2D eigenvalue weighted by atomic mass is 16.1. The van der Waals surface area contributed by atoms with E-state index in [9.17, 15) is 4.79 Å². The van der Waals surface area contributed by atoms with Crippen molar-refractivity contribution in [2.45, 2.75) is 33.6 Å². The molecule has 11 heavy (non-hydrogen) atoms. The first-order valence-electron chi connectivity index (χ1n) is 4.10. The lowest BCUT2D eigenvalue weighted by molar-refractivity contribution is -0.124. The van der Waals surface area contributed by atoms with Crippen LogP contribution in [0, 0.1) is 23.2 Å². The lowest BCUT2D eigenvalue weighted by Gasteiger charge is -2.09. The van der Waals surface area contributed by atoms with E-state index in [-0.39, 0.29) is 17.6 Å². The number of nitriles is 1. The molecule has 0 aromatic carbocycles. The first kappa shape index (κ1) is 10.2. The fourth-order valence-corrected chi connectivity index (χ4v) is 0.901. The lowest BCUT2D eigenvalue weighted by Crippen LogP contribution is -2.19. The van der Waals surface area contributed by atoms with Crippen molar-refractivity contribution in [1.29, 1.82) is 5.26 Å². The molecule has 0 aromatic rings. The van der Waals surface area contributed by atoms with Crippen molar-refractivity contribution >= 4 is 5.78 Å². The number of hydrogen-bond donors (Lipinski definition) is 0. The van der Waals surface area contributed by atoms with Crippen LogP contribution < -0.4 is 0 Å². The molecule has 2 heteroatoms. The zero-order valence-corrected chi connectivity index (χ0v) is 7.42. The Morgan fingerprint density at radius 2 is 2.00 bits per heavy atom. The van der Waals surface area contributed by atoms with Crippen LogP contribution in [0.1, 0.15) is 33.6 Å². The minimum absolute atomic E-state index is 0.0413. The van der Waals surface area contributed by atoms with E-state index in [0.29, 0.717) is 6.42 Å². The second-order valence-electron chi connectivity index (χ2n) is 2.80. The number of ketones is 1. The van der Waals surface area contributed by atoms with Crippen LogP contribution in [0.4, 0.5) is 0 Å². The van der Waals surface area contributed by atoms with Crippen LogP contribution in [0.25, 0.3) is 0 Å². The molecule has 62 valence electrons. The minimum atomic E-state index is -0.384. The Hall–Kier alpha value is -0.840. The summed E-state index contributed by atoms with van der Waals surface area (Å²) in [6.45, 7) is 5.71. The van der Waals surface area contributed by atoms with Gasteiger partial charge in [0.05, 0.1) is 6.07 Å². The van der Waals surface area contributed by atoms with E-state index in [1.54, 1.807) is 0 Å². The van der Waals surface area contributed by atoms with Gasteiger partial charge in [-0.1, -0.05) is 20.8 Å². The van der Waals surface area contributed by atoms with Gasteiger partial charge < -0.3 is 0 Å². The van der Waals surface area contributed by atoms with Gasteiger partial charge in [-0.3, -0.25) is 4.79 Å². The summed E-state index contributed by atoms with van der Waals surface area (Å²) in [6, 6.07) is 2.02. The normalized spacial score (nSPS) is 15.1. The summed E-state index contributed by atoms with van der Waals surface area (Å²) < 4.78 is 0. The topological polar surface area (TPSA) is 40.9 Å². The Labute approximate surface area is 68.2 Å². The summed E-state index contributed by atoms with van der Waals surface area (Å²) in [4.78, 5) is 11.3. The van der Waals surface area contributed by atoms with Crippen LogP contribution in [-0.4, -0.2) is 5.78 Å². The highest BCUT2D eigenvalue weighted by Crippen LogP contribution is 2.12. The highest BCUT2D eigenvalue weighted by Gasteiger charge is 2.20. The quantitative estimate of drug-likeness (QED) is 0.621. The zero-order chi connectivity index (χ0) is 8.85. The molecule has 0 aromatic heterocycles. The predicted molar refractivity (Wildman–Crippen MR) is 43.9 cm³/mol. The van der Waals surface area contributed by atoms with Crippen LogP contribution in [-0.2, 0) is 4.79 Å². The smallest absolute Gasteiger partial charge is 0.152 e. The van der Waals surface area contributed by atoms with Crippen LogP contribution >= 0.6 is 0 Å². The van der Waals surface area contributed by atoms with Gasteiger partial charge in [0.1, 0.15) is 5.92 Å². The summed E-state index contributed by atoms with van der Waals surface area (Å²) in [5.41, 5.74) is 0. The summed E-state index contributed by atoms with van der Waals surface area (Å²) >= 11 is 0. The molecule has 0 rings (SSSR count). The molecule has 0 aliphatic carbocycles. The van der Waals surface area contributed by atoms with Gasteiger partial charge in [-0.25, -0.2) is 0 Å². The molecule has 0 aliphatic rings. The number of Topliss-reactive ketones (excluding diaryl/α,β-unsaturated/α-hetero) is 1. The number of nitrogens with zero attached hydrogens (tertiary/aromatic N) is 1. The molecule has 0 bridgehead atoms. The average molecular weight is 153 g/mol. The van der Waals surface area contributed by atoms with E-state index >= 15 is 0 Å². The van der Waals surface area contributed by atoms with Crippen molar-refractivity contribution in [1.82, 2.24) is 0 Å². The first-order valence-corrected chi connectivity index (χ1v) is 4.10. The first-order chi connectivity index (χ1) is 5.17.